The summed E-state index contributed by atoms with van der Waals surface area (Å²) in [5.74, 6) is 0.370. The lowest BCUT2D eigenvalue weighted by molar-refractivity contribution is 0.0920. The number of nitrogens with one attached hydrogen (secondary N) is 2. The highest BCUT2D eigenvalue weighted by molar-refractivity contribution is 5.95. The lowest BCUT2D eigenvalue weighted by Crippen LogP contribution is -2.42. The average molecular weight is 365 g/mol. The van der Waals surface area contributed by atoms with Crippen molar-refractivity contribution in [1.82, 2.24) is 20.4 Å². The molecule has 1 aliphatic heterocycles. The van der Waals surface area contributed by atoms with Gasteiger partial charge in [-0.25, -0.2) is 4.68 Å². The molecule has 136 valence electrons. The van der Waals surface area contributed by atoms with Gasteiger partial charge in [-0.2, -0.15) is 5.10 Å². The van der Waals surface area contributed by atoms with Crippen LogP contribution in [0.1, 0.15) is 36.7 Å². The molecule has 1 fully saturated rings. The second kappa shape index (κ2) is 9.44. The van der Waals surface area contributed by atoms with E-state index in [2.05, 4.69) is 15.7 Å². The number of rotatable bonds is 6. The van der Waals surface area contributed by atoms with Crippen LogP contribution in [0.3, 0.4) is 0 Å². The molecule has 2 aromatic rings. The average Bonchev–Trinajstić information content (AvgIpc) is 3.06. The van der Waals surface area contributed by atoms with E-state index in [1.54, 1.807) is 10.9 Å². The van der Waals surface area contributed by atoms with E-state index in [1.807, 2.05) is 37.3 Å². The number of para-hydroxylation sites is 1. The maximum Gasteiger partial charge on any atom is 0.275 e. The van der Waals surface area contributed by atoms with Crippen LogP contribution in [0, 0.1) is 0 Å². The van der Waals surface area contributed by atoms with Crippen LogP contribution in [0.25, 0.3) is 5.69 Å². The maximum atomic E-state index is 12.7. The number of carbonyl (C=O) groups is 1. The van der Waals surface area contributed by atoms with Gasteiger partial charge in [0.05, 0.1) is 18.5 Å². The van der Waals surface area contributed by atoms with E-state index < -0.39 is 0 Å². The highest BCUT2D eigenvalue weighted by atomic mass is 35.5. The van der Waals surface area contributed by atoms with Crippen LogP contribution >= 0.6 is 12.4 Å². The number of aromatic nitrogens is 2. The Labute approximate surface area is 154 Å². The SMILES string of the molecule is CCCOc1cn(-c2ccccc2)nc1C(=O)NC1CCNCC1.Cl. The first kappa shape index (κ1) is 19.3. The van der Waals surface area contributed by atoms with Gasteiger partial charge in [-0.3, -0.25) is 4.79 Å². The lowest BCUT2D eigenvalue weighted by Gasteiger charge is -2.23. The third kappa shape index (κ3) is 4.96. The van der Waals surface area contributed by atoms with Crippen LogP contribution in [0.2, 0.25) is 0 Å². The number of piperidine rings is 1. The largest absolute Gasteiger partial charge is 0.489 e. The Bertz CT molecular complexity index is 669. The smallest absolute Gasteiger partial charge is 0.275 e. The van der Waals surface area contributed by atoms with E-state index >= 15 is 0 Å². The van der Waals surface area contributed by atoms with E-state index in [-0.39, 0.29) is 24.4 Å². The maximum absolute atomic E-state index is 12.7. The molecule has 0 aliphatic carbocycles. The van der Waals surface area contributed by atoms with Gasteiger partial charge in [0.2, 0.25) is 0 Å². The van der Waals surface area contributed by atoms with E-state index in [1.165, 1.54) is 0 Å². The zero-order valence-electron chi connectivity index (χ0n) is 14.4. The lowest BCUT2D eigenvalue weighted by atomic mass is 10.1. The second-order valence-corrected chi connectivity index (χ2v) is 5.97. The van der Waals surface area contributed by atoms with Crippen LogP contribution in [0.15, 0.2) is 36.5 Å². The van der Waals surface area contributed by atoms with Crippen molar-refractivity contribution in [1.29, 1.82) is 0 Å². The van der Waals surface area contributed by atoms with Gasteiger partial charge in [0, 0.05) is 6.04 Å². The molecule has 0 radical (unpaired) electrons. The van der Waals surface area contributed by atoms with Crippen molar-refractivity contribution in [2.75, 3.05) is 19.7 Å². The molecule has 0 saturated carbocycles. The molecule has 0 unspecified atom stereocenters. The fourth-order valence-corrected chi connectivity index (χ4v) is 2.77. The summed E-state index contributed by atoms with van der Waals surface area (Å²) in [6.45, 7) is 4.47. The number of halogens is 1. The summed E-state index contributed by atoms with van der Waals surface area (Å²) in [7, 11) is 0. The second-order valence-electron chi connectivity index (χ2n) is 5.97. The van der Waals surface area contributed by atoms with Crippen molar-refractivity contribution in [3.8, 4) is 11.4 Å². The van der Waals surface area contributed by atoms with E-state index in [0.29, 0.717) is 18.1 Å². The van der Waals surface area contributed by atoms with Crippen LogP contribution in [0.5, 0.6) is 5.75 Å². The molecular formula is C18H25ClN4O2. The zero-order valence-corrected chi connectivity index (χ0v) is 15.2. The molecule has 1 aliphatic rings. The van der Waals surface area contributed by atoms with E-state index in [0.717, 1.165) is 38.0 Å². The van der Waals surface area contributed by atoms with E-state index in [9.17, 15) is 4.79 Å². The molecule has 1 saturated heterocycles. The number of nitrogens with zero attached hydrogens (tertiary/aromatic N) is 2. The van der Waals surface area contributed by atoms with Crippen molar-refractivity contribution < 1.29 is 9.53 Å². The first-order valence-electron chi connectivity index (χ1n) is 8.57. The molecule has 1 aromatic carbocycles. The summed E-state index contributed by atoms with van der Waals surface area (Å²) in [5.41, 5.74) is 1.26. The minimum Gasteiger partial charge on any atom is -0.489 e. The summed E-state index contributed by atoms with van der Waals surface area (Å²) in [5, 5.41) is 10.8. The van der Waals surface area contributed by atoms with Crippen molar-refractivity contribution in [3.63, 3.8) is 0 Å². The van der Waals surface area contributed by atoms with Crippen LogP contribution in [-0.2, 0) is 0 Å². The van der Waals surface area contributed by atoms with Crippen molar-refractivity contribution in [2.24, 2.45) is 0 Å². The molecule has 3 rings (SSSR count). The summed E-state index contributed by atoms with van der Waals surface area (Å²) >= 11 is 0. The zero-order chi connectivity index (χ0) is 16.8. The molecule has 6 nitrogen and oxygen atoms in total. The number of hydrogen-bond donors (Lipinski definition) is 2. The summed E-state index contributed by atoms with van der Waals surface area (Å²) in [6, 6.07) is 9.93. The number of hydrogen-bond acceptors (Lipinski definition) is 4. The minimum atomic E-state index is -0.164. The van der Waals surface area contributed by atoms with Gasteiger partial charge in [0.25, 0.3) is 5.91 Å². The van der Waals surface area contributed by atoms with Crippen molar-refractivity contribution in [3.05, 3.63) is 42.2 Å². The third-order valence-electron chi connectivity index (χ3n) is 4.05. The number of ether oxygens (including phenoxy) is 1. The Kier molecular flexibility index (Phi) is 7.28. The first-order valence-corrected chi connectivity index (χ1v) is 8.57. The van der Waals surface area contributed by atoms with Crippen LogP contribution in [0.4, 0.5) is 0 Å². The minimum absolute atomic E-state index is 0. The Balaban J connectivity index is 0.00000225. The standard InChI is InChI=1S/C18H24N4O2.ClH/c1-2-12-24-16-13-22(15-6-4-3-5-7-15)21-17(16)18(23)20-14-8-10-19-11-9-14;/h3-7,13-14,19H,2,8-12H2,1H3,(H,20,23);1H. The molecule has 2 heterocycles. The third-order valence-corrected chi connectivity index (χ3v) is 4.05. The van der Waals surface area contributed by atoms with Gasteiger partial charge in [-0.1, -0.05) is 25.1 Å². The predicted octanol–water partition coefficient (Wildman–Crippen LogP) is 2.56. The summed E-state index contributed by atoms with van der Waals surface area (Å²) in [4.78, 5) is 12.7. The number of benzene rings is 1. The van der Waals surface area contributed by atoms with E-state index in [4.69, 9.17) is 4.74 Å². The van der Waals surface area contributed by atoms with Crippen molar-refractivity contribution >= 4 is 18.3 Å². The molecule has 2 N–H and O–H groups in total. The molecular weight excluding hydrogens is 340 g/mol. The Morgan fingerprint density at radius 2 is 2.04 bits per heavy atom. The monoisotopic (exact) mass is 364 g/mol. The molecule has 0 spiro atoms. The van der Waals surface area contributed by atoms with Gasteiger partial charge in [-0.15, -0.1) is 12.4 Å². The molecule has 0 bridgehead atoms. The Hall–Kier alpha value is -2.05. The van der Waals surface area contributed by atoms with Crippen LogP contribution < -0.4 is 15.4 Å². The summed E-state index contributed by atoms with van der Waals surface area (Å²) < 4.78 is 7.44. The quantitative estimate of drug-likeness (QED) is 0.826. The van der Waals surface area contributed by atoms with Gasteiger partial charge < -0.3 is 15.4 Å². The van der Waals surface area contributed by atoms with Gasteiger partial charge in [0.15, 0.2) is 11.4 Å². The number of amides is 1. The molecule has 1 aromatic heterocycles. The fraction of sp³-hybridized carbons (Fsp3) is 0.444. The van der Waals surface area contributed by atoms with Gasteiger partial charge >= 0.3 is 0 Å². The first-order chi connectivity index (χ1) is 11.8. The summed E-state index contributed by atoms with van der Waals surface area (Å²) in [6.07, 6.45) is 4.54. The number of carbonyl (C=O) groups excluding carboxylic acids is 1. The molecule has 7 heteroatoms. The topological polar surface area (TPSA) is 68.2 Å². The fourth-order valence-electron chi connectivity index (χ4n) is 2.77. The molecule has 0 atom stereocenters. The van der Waals surface area contributed by atoms with Crippen molar-refractivity contribution in [2.45, 2.75) is 32.2 Å². The van der Waals surface area contributed by atoms with Gasteiger partial charge in [0.1, 0.15) is 0 Å². The normalized spacial score (nSPS) is 14.6. The Morgan fingerprint density at radius 1 is 1.32 bits per heavy atom. The van der Waals surface area contributed by atoms with Crippen LogP contribution in [-0.4, -0.2) is 41.4 Å². The highest BCUT2D eigenvalue weighted by Gasteiger charge is 2.22. The molecule has 25 heavy (non-hydrogen) atoms. The predicted molar refractivity (Wildman–Crippen MR) is 100.0 cm³/mol. The molecule has 1 amide bonds. The Morgan fingerprint density at radius 3 is 2.72 bits per heavy atom. The van der Waals surface area contributed by atoms with Gasteiger partial charge in [-0.05, 0) is 44.5 Å². The highest BCUT2D eigenvalue weighted by Crippen LogP contribution is 2.20.